The largest absolute Gasteiger partial charge is 1.00 e. The Balaban J connectivity index is 0.00000432. The van der Waals surface area contributed by atoms with Crippen LogP contribution in [0.25, 0.3) is 0 Å². The second-order valence-corrected chi connectivity index (χ2v) is 8.21. The van der Waals surface area contributed by atoms with Gasteiger partial charge in [-0.15, -0.1) is 0 Å². The van der Waals surface area contributed by atoms with Crippen molar-refractivity contribution in [2.24, 2.45) is 18.7 Å². The molecule has 2 heterocycles. The zero-order chi connectivity index (χ0) is 25.6. The van der Waals surface area contributed by atoms with Gasteiger partial charge in [0.1, 0.15) is 13.2 Å². The van der Waals surface area contributed by atoms with Gasteiger partial charge >= 0.3 is 12.1 Å². The van der Waals surface area contributed by atoms with Crippen LogP contribution in [0.15, 0.2) is 30.5 Å². The van der Waals surface area contributed by atoms with Gasteiger partial charge in [0.2, 0.25) is 5.82 Å². The van der Waals surface area contributed by atoms with Gasteiger partial charge in [-0.3, -0.25) is 9.59 Å². The first-order valence-corrected chi connectivity index (χ1v) is 10.1. The molecule has 4 atom stereocenters. The molecule has 1 fully saturated rings. The van der Waals surface area contributed by atoms with E-state index in [2.05, 4.69) is 5.32 Å². The molecule has 1 aromatic carbocycles. The number of pyridine rings is 1. The van der Waals surface area contributed by atoms with Crippen molar-refractivity contribution in [1.29, 1.82) is 0 Å². The molecule has 0 radical (unpaired) electrons. The zero-order valence-electron chi connectivity index (χ0n) is 19.0. The molecule has 0 saturated carbocycles. The van der Waals surface area contributed by atoms with Gasteiger partial charge in [0, 0.05) is 29.5 Å². The number of anilines is 1. The predicted molar refractivity (Wildman–Crippen MR) is 109 cm³/mol. The van der Waals surface area contributed by atoms with E-state index in [9.17, 15) is 31.5 Å². The molecule has 3 rings (SSSR count). The first-order valence-electron chi connectivity index (χ1n) is 10.1. The summed E-state index contributed by atoms with van der Waals surface area (Å²) >= 11 is 0. The number of ether oxygens (including phenoxy) is 2. The number of hydrogen-bond acceptors (Lipinski definition) is 4. The third kappa shape index (κ3) is 5.06. The molecule has 2 amide bonds. The van der Waals surface area contributed by atoms with Crippen molar-refractivity contribution < 1.29 is 69.6 Å². The average molecular weight is 615 g/mol. The van der Waals surface area contributed by atoms with Gasteiger partial charge in [0.25, 0.3) is 11.6 Å². The van der Waals surface area contributed by atoms with Crippen LogP contribution in [0.3, 0.4) is 0 Å². The topological polar surface area (TPSA) is 94.5 Å². The second kappa shape index (κ2) is 10.2. The van der Waals surface area contributed by atoms with Crippen LogP contribution in [0.2, 0.25) is 0 Å². The number of aromatic nitrogens is 1. The quantitative estimate of drug-likeness (QED) is 0.281. The fourth-order valence-electron chi connectivity index (χ4n) is 4.15. The van der Waals surface area contributed by atoms with Crippen LogP contribution < -0.4 is 44.3 Å². The van der Waals surface area contributed by atoms with Gasteiger partial charge in [0.15, 0.2) is 23.4 Å². The van der Waals surface area contributed by atoms with E-state index in [4.69, 9.17) is 15.2 Å². The molecule has 1 aromatic heterocycles. The Bertz CT molecular complexity index is 1150. The van der Waals surface area contributed by atoms with Crippen LogP contribution in [0.4, 0.5) is 27.6 Å². The van der Waals surface area contributed by atoms with Crippen LogP contribution in [0.1, 0.15) is 35.8 Å². The third-order valence-corrected chi connectivity index (χ3v) is 6.24. The standard InChI is InChI=1S/C22H22F5N3O4.HI/c1-10-15(12-5-6-13(23)16(24)17(12)33-4)18(34-21(10,2)22(25,26)27)20(32)29-11-7-8-30(3)14(9-11)19(28)31;/h5-10,15,18H,1-4H3,(H2,28,31);1H/t10-,15-,18+,21+;/m0./s1. The highest BCUT2D eigenvalue weighted by molar-refractivity contribution is 5.97. The zero-order valence-corrected chi connectivity index (χ0v) is 21.2. The van der Waals surface area contributed by atoms with Crippen molar-refractivity contribution in [2.75, 3.05) is 12.4 Å². The monoisotopic (exact) mass is 615 g/mol. The molecule has 1 aliphatic heterocycles. The predicted octanol–water partition coefficient (Wildman–Crippen LogP) is -0.0210. The molecule has 0 spiro atoms. The van der Waals surface area contributed by atoms with Crippen molar-refractivity contribution in [2.45, 2.75) is 37.6 Å². The van der Waals surface area contributed by atoms with E-state index in [1.54, 1.807) is 0 Å². The van der Waals surface area contributed by atoms with Crippen LogP contribution in [0, 0.1) is 17.6 Å². The van der Waals surface area contributed by atoms with E-state index in [0.717, 1.165) is 26.2 Å². The lowest BCUT2D eigenvalue weighted by Gasteiger charge is -2.32. The summed E-state index contributed by atoms with van der Waals surface area (Å²) in [6, 6.07) is 4.46. The number of aryl methyl sites for hydroxylation is 1. The number of primary amides is 1. The van der Waals surface area contributed by atoms with Crippen molar-refractivity contribution in [3.8, 4) is 5.75 Å². The molecule has 1 saturated heterocycles. The number of rotatable bonds is 5. The smallest absolute Gasteiger partial charge is 0.417 e. The summed E-state index contributed by atoms with van der Waals surface area (Å²) in [5.41, 5.74) is 2.46. The Morgan fingerprint density at radius 2 is 1.86 bits per heavy atom. The van der Waals surface area contributed by atoms with Crippen molar-refractivity contribution in [3.05, 3.63) is 53.4 Å². The van der Waals surface area contributed by atoms with Crippen LogP contribution in [-0.4, -0.2) is 36.8 Å². The minimum atomic E-state index is -4.88. The maximum atomic E-state index is 14.4. The lowest BCUT2D eigenvalue weighted by atomic mass is 9.77. The van der Waals surface area contributed by atoms with Crippen molar-refractivity contribution >= 4 is 17.5 Å². The molecule has 35 heavy (non-hydrogen) atoms. The Labute approximate surface area is 214 Å². The maximum Gasteiger partial charge on any atom is 0.417 e. The maximum absolute atomic E-state index is 14.4. The van der Waals surface area contributed by atoms with Gasteiger partial charge < -0.3 is 44.5 Å². The summed E-state index contributed by atoms with van der Waals surface area (Å²) in [7, 11) is 2.57. The molecule has 13 heteroatoms. The highest BCUT2D eigenvalue weighted by atomic mass is 127. The lowest BCUT2D eigenvalue weighted by molar-refractivity contribution is -0.673. The Morgan fingerprint density at radius 1 is 1.23 bits per heavy atom. The fraction of sp³-hybridized carbons (Fsp3) is 0.409. The lowest BCUT2D eigenvalue weighted by Crippen LogP contribution is -3.00. The summed E-state index contributed by atoms with van der Waals surface area (Å²) in [5, 5.41) is 2.42. The number of benzene rings is 1. The number of halogens is 6. The molecule has 0 unspecified atom stereocenters. The summed E-state index contributed by atoms with van der Waals surface area (Å²) in [6.45, 7) is 2.00. The minimum Gasteiger partial charge on any atom is -1.00 e. The highest BCUT2D eigenvalue weighted by Gasteiger charge is 2.65. The Kier molecular flexibility index (Phi) is 8.37. The molecular formula is C22H23F5IN3O4. The van der Waals surface area contributed by atoms with Crippen molar-refractivity contribution in [1.82, 2.24) is 0 Å². The van der Waals surface area contributed by atoms with Gasteiger partial charge in [-0.1, -0.05) is 13.0 Å². The summed E-state index contributed by atoms with van der Waals surface area (Å²) < 4.78 is 81.7. The number of carbonyl (C=O) groups is 2. The molecule has 0 bridgehead atoms. The van der Waals surface area contributed by atoms with Crippen LogP contribution >= 0.6 is 0 Å². The molecule has 3 N–H and O–H groups in total. The molecule has 7 nitrogen and oxygen atoms in total. The number of carbonyl (C=O) groups excluding carboxylic acids is 2. The Morgan fingerprint density at radius 3 is 2.40 bits per heavy atom. The van der Waals surface area contributed by atoms with E-state index >= 15 is 0 Å². The van der Waals surface area contributed by atoms with Crippen LogP contribution in [0.5, 0.6) is 5.75 Å². The number of nitrogens with two attached hydrogens (primary N) is 1. The molecular weight excluding hydrogens is 592 g/mol. The van der Waals surface area contributed by atoms with Gasteiger partial charge in [-0.05, 0) is 13.0 Å². The molecule has 2 aromatic rings. The van der Waals surface area contributed by atoms with E-state index in [1.807, 2.05) is 0 Å². The normalized spacial score (nSPS) is 24.0. The summed E-state index contributed by atoms with van der Waals surface area (Å²) in [6.07, 6.45) is -5.22. The third-order valence-electron chi connectivity index (χ3n) is 6.24. The second-order valence-electron chi connectivity index (χ2n) is 8.21. The van der Waals surface area contributed by atoms with Crippen molar-refractivity contribution in [3.63, 3.8) is 0 Å². The van der Waals surface area contributed by atoms with E-state index in [0.29, 0.717) is 0 Å². The van der Waals surface area contributed by atoms with E-state index < -0.39 is 58.9 Å². The Hall–Kier alpha value is -2.55. The highest BCUT2D eigenvalue weighted by Crippen LogP contribution is 2.55. The van der Waals surface area contributed by atoms with Gasteiger partial charge in [0.05, 0.1) is 12.8 Å². The number of alkyl halides is 3. The number of nitrogens with zero attached hydrogens (tertiary/aromatic N) is 1. The fourth-order valence-corrected chi connectivity index (χ4v) is 4.15. The minimum absolute atomic E-state index is 0. The van der Waals surface area contributed by atoms with E-state index in [1.165, 1.54) is 36.9 Å². The van der Waals surface area contributed by atoms with Crippen LogP contribution in [-0.2, 0) is 16.6 Å². The summed E-state index contributed by atoms with van der Waals surface area (Å²) in [5.74, 6) is -7.80. The van der Waals surface area contributed by atoms with Gasteiger partial charge in [-0.25, -0.2) is 4.39 Å². The number of methoxy groups -OCH3 is 1. The number of nitrogens with one attached hydrogen (secondary N) is 1. The molecule has 192 valence electrons. The first kappa shape index (κ1) is 28.7. The number of hydrogen-bond donors (Lipinski definition) is 2. The van der Waals surface area contributed by atoms with Gasteiger partial charge in [-0.2, -0.15) is 22.1 Å². The van der Waals surface area contributed by atoms with E-state index in [-0.39, 0.29) is 40.9 Å². The molecule has 0 aliphatic carbocycles. The molecule has 1 aliphatic rings. The number of amides is 2. The SMILES string of the molecule is COc1c([C@H]2[C@H](C(=O)Nc3cc[n+](C)c(C(N)=O)c3)O[C@@](C)(C(F)(F)F)[C@H]2C)ccc(F)c1F.[I-]. The first-order chi connectivity index (χ1) is 15.7. The summed E-state index contributed by atoms with van der Waals surface area (Å²) in [4.78, 5) is 24.7. The average Bonchev–Trinajstić information content (AvgIpc) is 3.03.